The molecular weight excluding hydrogens is 308 g/mol. The Balaban J connectivity index is 2.27. The van der Waals surface area contributed by atoms with Gasteiger partial charge < -0.3 is 15.8 Å². The van der Waals surface area contributed by atoms with E-state index in [0.29, 0.717) is 24.1 Å². The first-order valence-corrected chi connectivity index (χ1v) is 6.53. The molecule has 0 amide bonds. The molecule has 0 fully saturated rings. The maximum Gasteiger partial charge on any atom is 0.158 e. The smallest absolute Gasteiger partial charge is 0.158 e. The Morgan fingerprint density at radius 3 is 2.79 bits per heavy atom. The van der Waals surface area contributed by atoms with E-state index >= 15 is 0 Å². The van der Waals surface area contributed by atoms with Crippen molar-refractivity contribution in [1.82, 2.24) is 9.97 Å². The molecule has 0 aliphatic rings. The Hall–Kier alpha value is -1.66. The lowest BCUT2D eigenvalue weighted by Gasteiger charge is -2.10. The van der Waals surface area contributed by atoms with E-state index in [1.54, 1.807) is 13.2 Å². The first kappa shape index (κ1) is 13.8. The third-order valence-electron chi connectivity index (χ3n) is 2.52. The minimum absolute atomic E-state index is 0.332. The van der Waals surface area contributed by atoms with Crippen LogP contribution in [0.2, 0.25) is 0 Å². The van der Waals surface area contributed by atoms with Crippen LogP contribution in [-0.4, -0.2) is 17.1 Å². The van der Waals surface area contributed by atoms with Crippen LogP contribution in [-0.2, 0) is 11.3 Å². The van der Waals surface area contributed by atoms with Gasteiger partial charge in [0, 0.05) is 23.3 Å². The van der Waals surface area contributed by atoms with Crippen LogP contribution >= 0.6 is 15.9 Å². The van der Waals surface area contributed by atoms with Crippen molar-refractivity contribution in [3.63, 3.8) is 0 Å². The Bertz CT molecular complexity index is 589. The van der Waals surface area contributed by atoms with E-state index in [1.807, 2.05) is 25.1 Å². The largest absolute Gasteiger partial charge is 0.384 e. The van der Waals surface area contributed by atoms with Crippen LogP contribution in [0.1, 0.15) is 11.4 Å². The fraction of sp³-hybridized carbons (Fsp3) is 0.231. The van der Waals surface area contributed by atoms with Crippen molar-refractivity contribution in [1.29, 1.82) is 0 Å². The van der Waals surface area contributed by atoms with Crippen molar-refractivity contribution in [3.05, 3.63) is 40.1 Å². The van der Waals surface area contributed by atoms with Crippen LogP contribution in [0.25, 0.3) is 0 Å². The number of nitrogen functional groups attached to an aromatic ring is 1. The molecule has 0 radical (unpaired) electrons. The summed E-state index contributed by atoms with van der Waals surface area (Å²) in [5.74, 6) is 1.63. The second kappa shape index (κ2) is 5.99. The molecule has 0 aliphatic heterocycles. The van der Waals surface area contributed by atoms with Gasteiger partial charge in [-0.3, -0.25) is 0 Å². The number of ether oxygens (including phenoxy) is 1. The maximum atomic E-state index is 5.75. The van der Waals surface area contributed by atoms with Gasteiger partial charge in [0.05, 0.1) is 0 Å². The van der Waals surface area contributed by atoms with Crippen LogP contribution in [0.5, 0.6) is 0 Å². The first-order chi connectivity index (χ1) is 9.08. The molecule has 0 aliphatic carbocycles. The molecule has 0 saturated carbocycles. The molecule has 0 atom stereocenters. The number of methoxy groups -OCH3 is 1. The van der Waals surface area contributed by atoms with E-state index in [0.717, 1.165) is 15.7 Å². The highest BCUT2D eigenvalue weighted by molar-refractivity contribution is 9.10. The number of nitrogens with zero attached hydrogens (tertiary/aromatic N) is 2. The van der Waals surface area contributed by atoms with Crippen LogP contribution < -0.4 is 11.1 Å². The van der Waals surface area contributed by atoms with E-state index < -0.39 is 0 Å². The third-order valence-corrected chi connectivity index (χ3v) is 3.01. The third kappa shape index (κ3) is 3.65. The van der Waals surface area contributed by atoms with Gasteiger partial charge in [0.2, 0.25) is 0 Å². The highest BCUT2D eigenvalue weighted by atomic mass is 79.9. The van der Waals surface area contributed by atoms with Crippen molar-refractivity contribution >= 4 is 33.3 Å². The van der Waals surface area contributed by atoms with Crippen LogP contribution in [0.3, 0.4) is 0 Å². The number of aryl methyl sites for hydroxylation is 1. The number of benzene rings is 1. The van der Waals surface area contributed by atoms with E-state index in [9.17, 15) is 0 Å². The maximum absolute atomic E-state index is 5.75. The molecule has 1 heterocycles. The average Bonchev–Trinajstić information content (AvgIpc) is 2.32. The standard InChI is InChI=1S/C13H15BrN4O/c1-8-5-9(14)3-4-10(8)16-12-6-11(15)17-13(18-12)7-19-2/h3-6H,7H2,1-2H3,(H3,15,16,17,18). The molecule has 6 heteroatoms. The predicted octanol–water partition coefficient (Wildman–Crippen LogP) is 3.02. The normalized spacial score (nSPS) is 10.5. The number of rotatable bonds is 4. The van der Waals surface area contributed by atoms with Gasteiger partial charge in [-0.15, -0.1) is 0 Å². The van der Waals surface area contributed by atoms with Gasteiger partial charge in [0.1, 0.15) is 18.2 Å². The van der Waals surface area contributed by atoms with Gasteiger partial charge in [0.15, 0.2) is 5.82 Å². The number of nitrogens with two attached hydrogens (primary N) is 1. The number of hydrogen-bond donors (Lipinski definition) is 2. The number of anilines is 3. The minimum Gasteiger partial charge on any atom is -0.384 e. The summed E-state index contributed by atoms with van der Waals surface area (Å²) in [6, 6.07) is 7.67. The summed E-state index contributed by atoms with van der Waals surface area (Å²) in [5.41, 5.74) is 7.84. The molecule has 1 aromatic carbocycles. The number of halogens is 1. The molecule has 0 saturated heterocycles. The van der Waals surface area contributed by atoms with Gasteiger partial charge in [-0.1, -0.05) is 15.9 Å². The Morgan fingerprint density at radius 1 is 1.32 bits per heavy atom. The summed E-state index contributed by atoms with van der Waals surface area (Å²) in [5, 5.41) is 3.23. The summed E-state index contributed by atoms with van der Waals surface area (Å²) in [7, 11) is 1.60. The molecule has 3 N–H and O–H groups in total. The molecule has 1 aromatic heterocycles. The topological polar surface area (TPSA) is 73.1 Å². The van der Waals surface area contributed by atoms with Crippen LogP contribution in [0.4, 0.5) is 17.3 Å². The van der Waals surface area contributed by atoms with Crippen molar-refractivity contribution < 1.29 is 4.74 Å². The highest BCUT2D eigenvalue weighted by Crippen LogP contribution is 2.23. The SMILES string of the molecule is COCc1nc(N)cc(Nc2ccc(Br)cc2C)n1. The molecule has 19 heavy (non-hydrogen) atoms. The number of aromatic nitrogens is 2. The molecule has 2 aromatic rings. The molecule has 100 valence electrons. The van der Waals surface area contributed by atoms with Crippen LogP contribution in [0, 0.1) is 6.92 Å². The molecule has 5 nitrogen and oxygen atoms in total. The van der Waals surface area contributed by atoms with E-state index in [2.05, 4.69) is 31.2 Å². The van der Waals surface area contributed by atoms with Gasteiger partial charge in [-0.2, -0.15) is 0 Å². The summed E-state index contributed by atoms with van der Waals surface area (Å²) >= 11 is 3.44. The first-order valence-electron chi connectivity index (χ1n) is 5.74. The van der Waals surface area contributed by atoms with Crippen molar-refractivity contribution in [3.8, 4) is 0 Å². The lowest BCUT2D eigenvalue weighted by molar-refractivity contribution is 0.178. The highest BCUT2D eigenvalue weighted by Gasteiger charge is 2.05. The fourth-order valence-electron chi connectivity index (χ4n) is 1.68. The van der Waals surface area contributed by atoms with Gasteiger partial charge in [-0.05, 0) is 30.7 Å². The Kier molecular flexibility index (Phi) is 4.34. The van der Waals surface area contributed by atoms with Gasteiger partial charge in [0.25, 0.3) is 0 Å². The zero-order chi connectivity index (χ0) is 13.8. The molecule has 0 unspecified atom stereocenters. The van der Waals surface area contributed by atoms with Crippen molar-refractivity contribution in [2.75, 3.05) is 18.2 Å². The lowest BCUT2D eigenvalue weighted by Crippen LogP contribution is -2.04. The lowest BCUT2D eigenvalue weighted by atomic mass is 10.2. The summed E-state index contributed by atoms with van der Waals surface area (Å²) in [6.07, 6.45) is 0. The second-order valence-electron chi connectivity index (χ2n) is 4.11. The number of nitrogens with one attached hydrogen (secondary N) is 1. The molecular formula is C13H15BrN4O. The number of hydrogen-bond acceptors (Lipinski definition) is 5. The van der Waals surface area contributed by atoms with E-state index in [4.69, 9.17) is 10.5 Å². The molecule has 2 rings (SSSR count). The summed E-state index contributed by atoms with van der Waals surface area (Å²) < 4.78 is 6.05. The van der Waals surface area contributed by atoms with E-state index in [1.165, 1.54) is 0 Å². The summed E-state index contributed by atoms with van der Waals surface area (Å²) in [4.78, 5) is 8.44. The summed E-state index contributed by atoms with van der Waals surface area (Å²) in [6.45, 7) is 2.35. The average molecular weight is 323 g/mol. The quantitative estimate of drug-likeness (QED) is 0.905. The minimum atomic E-state index is 0.332. The predicted molar refractivity (Wildman–Crippen MR) is 79.3 cm³/mol. The van der Waals surface area contributed by atoms with Crippen LogP contribution in [0.15, 0.2) is 28.7 Å². The van der Waals surface area contributed by atoms with Gasteiger partial charge in [-0.25, -0.2) is 9.97 Å². The zero-order valence-electron chi connectivity index (χ0n) is 10.8. The second-order valence-corrected chi connectivity index (χ2v) is 5.03. The van der Waals surface area contributed by atoms with E-state index in [-0.39, 0.29) is 0 Å². The fourth-order valence-corrected chi connectivity index (χ4v) is 2.16. The Labute approximate surface area is 120 Å². The Morgan fingerprint density at radius 2 is 2.11 bits per heavy atom. The molecule has 0 spiro atoms. The zero-order valence-corrected chi connectivity index (χ0v) is 12.4. The van der Waals surface area contributed by atoms with Crippen molar-refractivity contribution in [2.24, 2.45) is 0 Å². The monoisotopic (exact) mass is 322 g/mol. The molecule has 0 bridgehead atoms. The van der Waals surface area contributed by atoms with Gasteiger partial charge >= 0.3 is 0 Å². The van der Waals surface area contributed by atoms with Crippen molar-refractivity contribution in [2.45, 2.75) is 13.5 Å².